The summed E-state index contributed by atoms with van der Waals surface area (Å²) in [5.74, 6) is -0.251. The van der Waals surface area contributed by atoms with E-state index >= 15 is 0 Å². The van der Waals surface area contributed by atoms with E-state index in [0.717, 1.165) is 39.7 Å². The lowest BCUT2D eigenvalue weighted by Gasteiger charge is -2.28. The van der Waals surface area contributed by atoms with Gasteiger partial charge in [0.25, 0.3) is 0 Å². The number of nitrogens with zero attached hydrogens (tertiary/aromatic N) is 2. The number of carbonyl (C=O) groups excluding carboxylic acids is 2. The van der Waals surface area contributed by atoms with Gasteiger partial charge in [-0.2, -0.15) is 0 Å². The van der Waals surface area contributed by atoms with E-state index in [9.17, 15) is 9.59 Å². The van der Waals surface area contributed by atoms with E-state index in [1.807, 2.05) is 60.5 Å². The normalized spacial score (nSPS) is 16.7. The number of carbonyl (C=O) groups is 2. The molecule has 0 saturated heterocycles. The molecular weight excluding hydrogens is 424 g/mol. The molecule has 0 spiro atoms. The van der Waals surface area contributed by atoms with Gasteiger partial charge in [0.15, 0.2) is 0 Å². The van der Waals surface area contributed by atoms with E-state index in [4.69, 9.17) is 0 Å². The van der Waals surface area contributed by atoms with Crippen molar-refractivity contribution in [3.63, 3.8) is 0 Å². The number of aromatic nitrogens is 1. The minimum Gasteiger partial charge on any atom is -0.343 e. The van der Waals surface area contributed by atoms with Crippen LogP contribution in [0, 0.1) is 6.92 Å². The number of likely N-dealkylation sites (N-methyl/N-ethyl adjacent to an activating group) is 1. The van der Waals surface area contributed by atoms with Crippen LogP contribution in [-0.4, -0.2) is 35.9 Å². The summed E-state index contributed by atoms with van der Waals surface area (Å²) in [5.41, 5.74) is 5.05. The number of benzene rings is 2. The smallest absolute Gasteiger partial charge is 0.249 e. The van der Waals surface area contributed by atoms with Crippen LogP contribution >= 0.6 is 12.4 Å². The van der Waals surface area contributed by atoms with Gasteiger partial charge in [0.1, 0.15) is 6.04 Å². The standard InChI is InChI=1S/C25H28N4O2.ClH/c1-16-14-27-21-10-6-5-9-19(21)20(16)15-29-23-11-7-4-8-18(23)12-13-22(25(29)31)28-24(30)17(2)26-3;/h4-11,14,17,22,26H,12-13,15H2,1-3H3,(H,28,30);1H. The van der Waals surface area contributed by atoms with Crippen LogP contribution in [0.2, 0.25) is 0 Å². The second-order valence-corrected chi connectivity index (χ2v) is 8.10. The Labute approximate surface area is 194 Å². The van der Waals surface area contributed by atoms with Gasteiger partial charge in [-0.1, -0.05) is 36.4 Å². The van der Waals surface area contributed by atoms with Gasteiger partial charge >= 0.3 is 0 Å². The van der Waals surface area contributed by atoms with Crippen LogP contribution in [0.3, 0.4) is 0 Å². The van der Waals surface area contributed by atoms with Crippen molar-refractivity contribution < 1.29 is 9.59 Å². The molecule has 1 aromatic heterocycles. The lowest BCUT2D eigenvalue weighted by molar-refractivity contribution is -0.128. The summed E-state index contributed by atoms with van der Waals surface area (Å²) < 4.78 is 0. The van der Waals surface area contributed by atoms with Crippen molar-refractivity contribution in [2.75, 3.05) is 11.9 Å². The number of hydrogen-bond acceptors (Lipinski definition) is 4. The Kier molecular flexibility index (Phi) is 7.48. The first-order valence-corrected chi connectivity index (χ1v) is 10.7. The van der Waals surface area contributed by atoms with E-state index < -0.39 is 6.04 Å². The molecule has 2 N–H and O–H groups in total. The van der Waals surface area contributed by atoms with E-state index in [2.05, 4.69) is 21.7 Å². The Hall–Kier alpha value is -2.96. The molecule has 168 valence electrons. The van der Waals surface area contributed by atoms with Gasteiger partial charge in [-0.15, -0.1) is 12.4 Å². The molecule has 2 amide bonds. The largest absolute Gasteiger partial charge is 0.343 e. The topological polar surface area (TPSA) is 74.3 Å². The first kappa shape index (κ1) is 23.7. The van der Waals surface area contributed by atoms with Crippen molar-refractivity contribution in [1.82, 2.24) is 15.6 Å². The van der Waals surface area contributed by atoms with E-state index in [0.29, 0.717) is 13.0 Å². The maximum atomic E-state index is 13.7. The van der Waals surface area contributed by atoms with E-state index in [1.54, 1.807) is 14.0 Å². The average molecular weight is 453 g/mol. The third-order valence-corrected chi connectivity index (χ3v) is 6.11. The molecule has 3 aromatic rings. The molecule has 6 nitrogen and oxygen atoms in total. The third kappa shape index (κ3) is 4.61. The molecule has 0 radical (unpaired) electrons. The van der Waals surface area contributed by atoms with Crippen molar-refractivity contribution in [1.29, 1.82) is 0 Å². The first-order valence-electron chi connectivity index (χ1n) is 10.7. The highest BCUT2D eigenvalue weighted by Crippen LogP contribution is 2.31. The summed E-state index contributed by atoms with van der Waals surface area (Å²) in [7, 11) is 1.73. The number of fused-ring (bicyclic) bond motifs is 2. The molecule has 2 aromatic carbocycles. The maximum Gasteiger partial charge on any atom is 0.249 e. The van der Waals surface area contributed by atoms with E-state index in [1.165, 1.54) is 0 Å². The van der Waals surface area contributed by atoms with Crippen molar-refractivity contribution in [3.8, 4) is 0 Å². The number of amides is 2. The molecule has 4 rings (SSSR count). The van der Waals surface area contributed by atoms with Gasteiger partial charge in [-0.25, -0.2) is 0 Å². The predicted octanol–water partition coefficient (Wildman–Crippen LogP) is 3.54. The molecular formula is C25H29ClN4O2. The van der Waals surface area contributed by atoms with Crippen LogP contribution in [0.5, 0.6) is 0 Å². The zero-order valence-corrected chi connectivity index (χ0v) is 19.4. The zero-order chi connectivity index (χ0) is 22.0. The molecule has 0 bridgehead atoms. The SMILES string of the molecule is CNC(C)C(=O)NC1CCc2ccccc2N(Cc2c(C)cnc3ccccc23)C1=O.Cl. The quantitative estimate of drug-likeness (QED) is 0.621. The Morgan fingerprint density at radius 2 is 1.91 bits per heavy atom. The van der Waals surface area contributed by atoms with Crippen LogP contribution in [0.4, 0.5) is 5.69 Å². The molecule has 7 heteroatoms. The number of aryl methyl sites for hydroxylation is 2. The average Bonchev–Trinajstić information content (AvgIpc) is 2.92. The minimum absolute atomic E-state index is 0. The molecule has 1 aliphatic rings. The Morgan fingerprint density at radius 1 is 1.19 bits per heavy atom. The number of pyridine rings is 1. The second-order valence-electron chi connectivity index (χ2n) is 8.10. The first-order chi connectivity index (χ1) is 15.0. The number of para-hydroxylation sites is 2. The van der Waals surface area contributed by atoms with Crippen molar-refractivity contribution >= 4 is 40.8 Å². The van der Waals surface area contributed by atoms with Crippen molar-refractivity contribution in [2.24, 2.45) is 0 Å². The summed E-state index contributed by atoms with van der Waals surface area (Å²) in [6, 6.07) is 15.1. The van der Waals surface area contributed by atoms with Gasteiger partial charge in [0, 0.05) is 17.3 Å². The van der Waals surface area contributed by atoms with E-state index in [-0.39, 0.29) is 30.3 Å². The molecule has 1 aliphatic heterocycles. The number of nitrogens with one attached hydrogen (secondary N) is 2. The van der Waals surface area contributed by atoms with Gasteiger partial charge in [0.05, 0.1) is 18.1 Å². The zero-order valence-electron chi connectivity index (χ0n) is 18.6. The summed E-state index contributed by atoms with van der Waals surface area (Å²) in [5, 5.41) is 6.94. The molecule has 2 heterocycles. The summed E-state index contributed by atoms with van der Waals surface area (Å²) >= 11 is 0. The fraction of sp³-hybridized carbons (Fsp3) is 0.320. The summed E-state index contributed by atoms with van der Waals surface area (Å²) in [6.45, 7) is 4.24. The van der Waals surface area contributed by atoms with Gasteiger partial charge in [-0.3, -0.25) is 14.6 Å². The van der Waals surface area contributed by atoms with Crippen LogP contribution in [0.1, 0.15) is 30.0 Å². The van der Waals surface area contributed by atoms with Crippen molar-refractivity contribution in [3.05, 3.63) is 71.4 Å². The minimum atomic E-state index is -0.566. The second kappa shape index (κ2) is 10.1. The van der Waals surface area contributed by atoms with Crippen LogP contribution < -0.4 is 15.5 Å². The number of hydrogen-bond donors (Lipinski definition) is 2. The molecule has 2 atom stereocenters. The Balaban J connectivity index is 0.00000289. The van der Waals surface area contributed by atoms with Crippen LogP contribution in [0.25, 0.3) is 10.9 Å². The predicted molar refractivity (Wildman–Crippen MR) is 130 cm³/mol. The van der Waals surface area contributed by atoms with Gasteiger partial charge in [-0.05, 0) is 62.6 Å². The fourth-order valence-electron chi connectivity index (χ4n) is 4.11. The molecule has 0 saturated carbocycles. The monoisotopic (exact) mass is 452 g/mol. The van der Waals surface area contributed by atoms with Gasteiger partial charge < -0.3 is 15.5 Å². The third-order valence-electron chi connectivity index (χ3n) is 6.11. The number of halogens is 1. The summed E-state index contributed by atoms with van der Waals surface area (Å²) in [4.78, 5) is 32.6. The lowest BCUT2D eigenvalue weighted by atomic mass is 10.0. The van der Waals surface area contributed by atoms with Gasteiger partial charge in [0.2, 0.25) is 11.8 Å². The van der Waals surface area contributed by atoms with Crippen LogP contribution in [-0.2, 0) is 22.6 Å². The Morgan fingerprint density at radius 3 is 2.69 bits per heavy atom. The Bertz CT molecular complexity index is 1130. The number of anilines is 1. The van der Waals surface area contributed by atoms with Crippen molar-refractivity contribution in [2.45, 2.75) is 45.3 Å². The fourth-order valence-corrected chi connectivity index (χ4v) is 4.11. The highest BCUT2D eigenvalue weighted by Gasteiger charge is 2.32. The molecule has 0 aliphatic carbocycles. The summed E-state index contributed by atoms with van der Waals surface area (Å²) in [6.07, 6.45) is 3.16. The molecule has 0 fully saturated rings. The molecule has 32 heavy (non-hydrogen) atoms. The highest BCUT2D eigenvalue weighted by atomic mass is 35.5. The maximum absolute atomic E-state index is 13.7. The van der Waals surface area contributed by atoms with Crippen LogP contribution in [0.15, 0.2) is 54.7 Å². The lowest BCUT2D eigenvalue weighted by Crippen LogP contribution is -2.52. The number of rotatable bonds is 5. The highest BCUT2D eigenvalue weighted by molar-refractivity contribution is 6.01. The molecule has 2 unspecified atom stereocenters.